The third kappa shape index (κ3) is 4.14. The van der Waals surface area contributed by atoms with Crippen LogP contribution in [0.2, 0.25) is 0 Å². The first-order valence-corrected chi connectivity index (χ1v) is 11.7. The van der Waals surface area contributed by atoms with Gasteiger partial charge < -0.3 is 9.30 Å². The minimum Gasteiger partial charge on any atom is -0.479 e. The lowest BCUT2D eigenvalue weighted by atomic mass is 9.83. The molecule has 6 rings (SSSR count). The van der Waals surface area contributed by atoms with Gasteiger partial charge in [0.2, 0.25) is 5.88 Å². The van der Waals surface area contributed by atoms with Crippen molar-refractivity contribution in [3.8, 4) is 11.6 Å². The quantitative estimate of drug-likeness (QED) is 0.529. The molecule has 0 spiro atoms. The molecule has 9 nitrogen and oxygen atoms in total. The Morgan fingerprint density at radius 1 is 1.19 bits per heavy atom. The van der Waals surface area contributed by atoms with Crippen LogP contribution in [0.4, 0.5) is 8.78 Å². The second-order valence-corrected chi connectivity index (χ2v) is 8.90. The number of nitrogens with zero attached hydrogens (tertiary/aromatic N) is 6. The van der Waals surface area contributed by atoms with E-state index in [2.05, 4.69) is 15.1 Å². The standard InChI is InChI=1S/C25H24F2N6O3/c1-15-13-32(14-28-15)19-10-8-16(29-24(19)34-2)9-11-21-30-23-18(6-4-12-33(23)31-21)17-5-3-7-20-22(17)36-25(26,27)35-20/h3,5,7-11,13-14,18,20,22H,4,6,12H2,1-2H3/b11-9+/t18-,20?,22?/m0/s1. The van der Waals surface area contributed by atoms with Gasteiger partial charge in [-0.15, -0.1) is 8.78 Å². The lowest BCUT2D eigenvalue weighted by Gasteiger charge is -2.29. The van der Waals surface area contributed by atoms with E-state index in [1.165, 1.54) is 0 Å². The molecule has 36 heavy (non-hydrogen) atoms. The van der Waals surface area contributed by atoms with E-state index in [1.54, 1.807) is 31.7 Å². The van der Waals surface area contributed by atoms with Crippen molar-refractivity contribution in [1.82, 2.24) is 29.3 Å². The molecule has 0 N–H and O–H groups in total. The van der Waals surface area contributed by atoms with Gasteiger partial charge in [0.15, 0.2) is 5.82 Å². The molecule has 11 heteroatoms. The summed E-state index contributed by atoms with van der Waals surface area (Å²) in [4.78, 5) is 13.6. The van der Waals surface area contributed by atoms with Crippen molar-refractivity contribution in [3.05, 3.63) is 71.5 Å². The summed E-state index contributed by atoms with van der Waals surface area (Å²) in [5, 5.41) is 4.62. The monoisotopic (exact) mass is 494 g/mol. The van der Waals surface area contributed by atoms with Crippen molar-refractivity contribution >= 4 is 12.2 Å². The molecule has 2 aliphatic heterocycles. The van der Waals surface area contributed by atoms with Gasteiger partial charge in [0.1, 0.15) is 23.7 Å². The second-order valence-electron chi connectivity index (χ2n) is 8.90. The predicted molar refractivity (Wildman–Crippen MR) is 125 cm³/mol. The van der Waals surface area contributed by atoms with Crippen LogP contribution in [0.1, 0.15) is 41.8 Å². The first-order valence-electron chi connectivity index (χ1n) is 11.7. The molecule has 186 valence electrons. The summed E-state index contributed by atoms with van der Waals surface area (Å²) in [7, 11) is 1.57. The summed E-state index contributed by atoms with van der Waals surface area (Å²) in [6.07, 6.45) is 8.75. The average Bonchev–Trinajstić information content (AvgIpc) is 3.57. The number of hydrogen-bond donors (Lipinski definition) is 0. The summed E-state index contributed by atoms with van der Waals surface area (Å²) in [6, 6.07) is 3.78. The van der Waals surface area contributed by atoms with Gasteiger partial charge in [-0.25, -0.2) is 19.6 Å². The van der Waals surface area contributed by atoms with Crippen molar-refractivity contribution in [2.24, 2.45) is 0 Å². The third-order valence-corrected chi connectivity index (χ3v) is 6.50. The zero-order valence-corrected chi connectivity index (χ0v) is 19.7. The number of aryl methyl sites for hydroxylation is 2. The smallest absolute Gasteiger partial charge is 0.479 e. The zero-order valence-electron chi connectivity index (χ0n) is 19.7. The normalized spacial score (nSPS) is 24.6. The number of hydrogen-bond acceptors (Lipinski definition) is 7. The molecule has 0 aromatic carbocycles. The molecule has 1 fully saturated rings. The Morgan fingerprint density at radius 3 is 2.89 bits per heavy atom. The second kappa shape index (κ2) is 8.75. The van der Waals surface area contributed by atoms with Crippen molar-refractivity contribution in [2.45, 2.75) is 50.7 Å². The number of halogens is 2. The fraction of sp³-hybridized carbons (Fsp3) is 0.360. The lowest BCUT2D eigenvalue weighted by molar-refractivity contribution is -0.348. The fourth-order valence-corrected chi connectivity index (χ4v) is 4.90. The number of ether oxygens (including phenoxy) is 3. The molecule has 3 aromatic heterocycles. The van der Waals surface area contributed by atoms with Crippen molar-refractivity contribution in [2.75, 3.05) is 7.11 Å². The van der Waals surface area contributed by atoms with E-state index in [0.717, 1.165) is 35.6 Å². The van der Waals surface area contributed by atoms with Gasteiger partial charge in [-0.05, 0) is 49.6 Å². The Labute approximate surface area is 205 Å². The van der Waals surface area contributed by atoms with Crippen molar-refractivity contribution < 1.29 is 23.0 Å². The van der Waals surface area contributed by atoms with Gasteiger partial charge >= 0.3 is 6.29 Å². The molecule has 0 radical (unpaired) electrons. The van der Waals surface area contributed by atoms with Crippen LogP contribution >= 0.6 is 0 Å². The van der Waals surface area contributed by atoms with Gasteiger partial charge in [0.05, 0.1) is 24.8 Å². The third-order valence-electron chi connectivity index (χ3n) is 6.50. The maximum atomic E-state index is 13.8. The van der Waals surface area contributed by atoms with Crippen LogP contribution < -0.4 is 4.74 Å². The number of aromatic nitrogens is 6. The molecule has 3 aliphatic rings. The summed E-state index contributed by atoms with van der Waals surface area (Å²) in [5.41, 5.74) is 3.09. The fourth-order valence-electron chi connectivity index (χ4n) is 4.90. The summed E-state index contributed by atoms with van der Waals surface area (Å²) < 4.78 is 46.4. The maximum Gasteiger partial charge on any atom is 0.486 e. The van der Waals surface area contributed by atoms with Gasteiger partial charge in [-0.2, -0.15) is 5.10 Å². The Hall–Kier alpha value is -3.70. The highest BCUT2D eigenvalue weighted by atomic mass is 19.3. The van der Waals surface area contributed by atoms with Crippen LogP contribution in [0, 0.1) is 6.92 Å². The summed E-state index contributed by atoms with van der Waals surface area (Å²) >= 11 is 0. The van der Waals surface area contributed by atoms with E-state index in [0.29, 0.717) is 23.9 Å². The van der Waals surface area contributed by atoms with Crippen LogP contribution in [-0.2, 0) is 16.0 Å². The number of rotatable bonds is 5. The number of alkyl halides is 2. The Bertz CT molecular complexity index is 1390. The van der Waals surface area contributed by atoms with E-state index in [9.17, 15) is 8.78 Å². The van der Waals surface area contributed by atoms with Crippen LogP contribution in [0.25, 0.3) is 17.8 Å². The molecule has 3 atom stereocenters. The number of methoxy groups -OCH3 is 1. The highest BCUT2D eigenvalue weighted by Crippen LogP contribution is 2.44. The van der Waals surface area contributed by atoms with E-state index in [-0.39, 0.29) is 5.92 Å². The number of fused-ring (bicyclic) bond motifs is 2. The van der Waals surface area contributed by atoms with Crippen molar-refractivity contribution in [1.29, 1.82) is 0 Å². The highest BCUT2D eigenvalue weighted by Gasteiger charge is 2.52. The topological polar surface area (TPSA) is 89.1 Å². The Kier molecular flexibility index (Phi) is 5.53. The van der Waals surface area contributed by atoms with E-state index in [4.69, 9.17) is 19.2 Å². The van der Waals surface area contributed by atoms with Crippen LogP contribution in [0.15, 0.2) is 48.5 Å². The first kappa shape index (κ1) is 22.7. The largest absolute Gasteiger partial charge is 0.486 e. The Balaban J connectivity index is 1.25. The molecule has 3 aromatic rings. The number of pyridine rings is 1. The number of imidazole rings is 1. The first-order chi connectivity index (χ1) is 17.4. The van der Waals surface area contributed by atoms with Gasteiger partial charge in [-0.3, -0.25) is 9.47 Å². The lowest BCUT2D eigenvalue weighted by Crippen LogP contribution is -2.31. The molecular formula is C25H24F2N6O3. The average molecular weight is 495 g/mol. The van der Waals surface area contributed by atoms with Gasteiger partial charge in [0.25, 0.3) is 0 Å². The van der Waals surface area contributed by atoms with E-state index in [1.807, 2.05) is 46.7 Å². The SMILES string of the molecule is COc1nc(/C=C/c2nc3n(n2)CCC[C@H]3C2=CC=CC3OC(F)(F)OC23)ccc1-n1cnc(C)c1. The van der Waals surface area contributed by atoms with Crippen LogP contribution in [0.5, 0.6) is 5.88 Å². The number of allylic oxidation sites excluding steroid dienone is 2. The van der Waals surface area contributed by atoms with Gasteiger partial charge in [-0.1, -0.05) is 18.2 Å². The molecule has 0 saturated carbocycles. The van der Waals surface area contributed by atoms with Crippen LogP contribution in [0.3, 0.4) is 0 Å². The van der Waals surface area contributed by atoms with E-state index >= 15 is 0 Å². The molecular weight excluding hydrogens is 470 g/mol. The molecule has 2 unspecified atom stereocenters. The van der Waals surface area contributed by atoms with Gasteiger partial charge in [0, 0.05) is 18.7 Å². The maximum absolute atomic E-state index is 13.8. The predicted octanol–water partition coefficient (Wildman–Crippen LogP) is 4.05. The molecule has 1 aliphatic carbocycles. The zero-order chi connectivity index (χ0) is 24.9. The van der Waals surface area contributed by atoms with Crippen molar-refractivity contribution in [3.63, 3.8) is 0 Å². The van der Waals surface area contributed by atoms with E-state index < -0.39 is 18.5 Å². The minimum atomic E-state index is -3.60. The summed E-state index contributed by atoms with van der Waals surface area (Å²) in [6.45, 7) is 2.63. The summed E-state index contributed by atoms with van der Waals surface area (Å²) in [5.74, 6) is 1.54. The molecule has 0 bridgehead atoms. The van der Waals surface area contributed by atoms with Crippen LogP contribution in [-0.4, -0.2) is 54.9 Å². The molecule has 0 amide bonds. The molecule has 1 saturated heterocycles. The molecule has 5 heterocycles. The Morgan fingerprint density at radius 2 is 2.08 bits per heavy atom. The highest BCUT2D eigenvalue weighted by molar-refractivity contribution is 5.65. The minimum absolute atomic E-state index is 0.181.